The van der Waals surface area contributed by atoms with E-state index in [-0.39, 0.29) is 24.1 Å². The van der Waals surface area contributed by atoms with Crippen molar-refractivity contribution in [2.45, 2.75) is 31.6 Å². The fourth-order valence-electron chi connectivity index (χ4n) is 4.24. The Morgan fingerprint density at radius 3 is 2.67 bits per heavy atom. The van der Waals surface area contributed by atoms with Crippen LogP contribution in [0.2, 0.25) is 0 Å². The van der Waals surface area contributed by atoms with Crippen molar-refractivity contribution in [1.29, 1.82) is 0 Å². The van der Waals surface area contributed by atoms with Crippen LogP contribution in [0.25, 0.3) is 0 Å². The van der Waals surface area contributed by atoms with Crippen LogP contribution < -0.4 is 25.6 Å². The number of aromatic nitrogens is 4. The van der Waals surface area contributed by atoms with E-state index in [1.54, 1.807) is 28.1 Å². The van der Waals surface area contributed by atoms with Crippen LogP contribution in [0, 0.1) is 0 Å². The molecule has 0 bridgehead atoms. The van der Waals surface area contributed by atoms with Crippen LogP contribution in [0.4, 0.5) is 30.6 Å². The van der Waals surface area contributed by atoms with Crippen LogP contribution in [0.15, 0.2) is 36.7 Å². The second kappa shape index (κ2) is 9.22. The van der Waals surface area contributed by atoms with Gasteiger partial charge in [0.2, 0.25) is 11.8 Å². The number of alkyl halides is 3. The quantitative estimate of drug-likeness (QED) is 0.526. The maximum Gasteiger partial charge on any atom is 0.433 e. The van der Waals surface area contributed by atoms with Crippen molar-refractivity contribution in [1.82, 2.24) is 19.9 Å². The molecule has 0 unspecified atom stereocenters. The summed E-state index contributed by atoms with van der Waals surface area (Å²) in [7, 11) is 1.81. The third kappa shape index (κ3) is 4.49. The number of carbonyl (C=O) groups is 1. The summed E-state index contributed by atoms with van der Waals surface area (Å²) in [6.07, 6.45) is -0.365. The minimum atomic E-state index is -4.51. The molecule has 188 valence electrons. The van der Waals surface area contributed by atoms with Gasteiger partial charge in [-0.1, -0.05) is 6.07 Å². The van der Waals surface area contributed by atoms with Crippen LogP contribution in [0.5, 0.6) is 11.6 Å². The van der Waals surface area contributed by atoms with Crippen LogP contribution in [0.1, 0.15) is 23.4 Å². The molecule has 2 aliphatic rings. The molecule has 0 saturated heterocycles. The maximum atomic E-state index is 12.8. The molecule has 0 aromatic carbocycles. The highest BCUT2D eigenvalue weighted by atomic mass is 19.4. The number of aryl methyl sites for hydroxylation is 1. The smallest absolute Gasteiger partial charge is 0.433 e. The molecule has 10 nitrogen and oxygen atoms in total. The topological polar surface area (TPSA) is 122 Å². The van der Waals surface area contributed by atoms with Gasteiger partial charge in [0.1, 0.15) is 23.2 Å². The number of rotatable bonds is 6. The number of ether oxygens (including phenoxy) is 1. The minimum absolute atomic E-state index is 0.0294. The van der Waals surface area contributed by atoms with Crippen LogP contribution >= 0.6 is 0 Å². The van der Waals surface area contributed by atoms with Gasteiger partial charge in [0, 0.05) is 38.9 Å². The Morgan fingerprint density at radius 1 is 1.17 bits per heavy atom. The average molecular weight is 500 g/mol. The summed E-state index contributed by atoms with van der Waals surface area (Å²) in [4.78, 5) is 33.2. The molecule has 0 saturated carbocycles. The van der Waals surface area contributed by atoms with E-state index >= 15 is 0 Å². The Balaban J connectivity index is 1.27. The highest BCUT2D eigenvalue weighted by molar-refractivity contribution is 6.05. The van der Waals surface area contributed by atoms with Gasteiger partial charge in [0.15, 0.2) is 5.82 Å². The van der Waals surface area contributed by atoms with Crippen LogP contribution in [-0.4, -0.2) is 52.0 Å². The SMILES string of the molecule is CN1c2nc(NCc3ccc(Oc4ccc(C(F)(F)F)nc4)nc3)nc3c2N(CCC3)C(=O)[C@@H]1CN. The molecule has 0 spiro atoms. The van der Waals surface area contributed by atoms with Gasteiger partial charge in [0.25, 0.3) is 5.91 Å². The summed E-state index contributed by atoms with van der Waals surface area (Å²) in [6, 6.07) is 4.94. The van der Waals surface area contributed by atoms with Crippen LogP contribution in [0.3, 0.4) is 0 Å². The standard InChI is InChI=1S/C23H23F3N8O2/c1-33-16(9-27)21(35)34-8-2-3-15-19(34)20(33)32-22(31-15)30-11-13-4-7-18(29-10-13)36-14-5-6-17(28-12-14)23(24,25)26/h4-7,10,12,16H,2-3,8-9,11,27H2,1H3,(H,30,31,32)/t16-/m0/s1. The van der Waals surface area contributed by atoms with E-state index in [4.69, 9.17) is 10.5 Å². The van der Waals surface area contributed by atoms with E-state index in [0.717, 1.165) is 42.0 Å². The molecule has 3 N–H and O–H groups in total. The summed E-state index contributed by atoms with van der Waals surface area (Å²) in [5.74, 6) is 1.43. The number of amides is 1. The van der Waals surface area contributed by atoms with Gasteiger partial charge in [-0.05, 0) is 30.5 Å². The molecule has 5 heterocycles. The Morgan fingerprint density at radius 2 is 2.00 bits per heavy atom. The molecule has 0 aliphatic carbocycles. The molecular formula is C23H23F3N8O2. The fraction of sp³-hybridized carbons (Fsp3) is 0.348. The molecule has 3 aromatic rings. The number of carbonyl (C=O) groups excluding carboxylic acids is 1. The predicted molar refractivity (Wildman–Crippen MR) is 125 cm³/mol. The van der Waals surface area contributed by atoms with E-state index < -0.39 is 17.9 Å². The summed E-state index contributed by atoms with van der Waals surface area (Å²) in [5, 5.41) is 3.20. The van der Waals surface area contributed by atoms with Crippen molar-refractivity contribution in [3.8, 4) is 11.6 Å². The second-order valence-corrected chi connectivity index (χ2v) is 8.46. The van der Waals surface area contributed by atoms with Crippen LogP contribution in [-0.2, 0) is 23.9 Å². The van der Waals surface area contributed by atoms with E-state index in [1.807, 2.05) is 7.05 Å². The number of anilines is 3. The Kier molecular flexibility index (Phi) is 6.08. The molecule has 0 fully saturated rings. The van der Waals surface area contributed by atoms with Gasteiger partial charge in [-0.2, -0.15) is 18.2 Å². The first-order valence-corrected chi connectivity index (χ1v) is 11.3. The van der Waals surface area contributed by atoms with E-state index in [1.165, 1.54) is 6.07 Å². The summed E-state index contributed by atoms with van der Waals surface area (Å²) >= 11 is 0. The van der Waals surface area contributed by atoms with Gasteiger partial charge in [-0.3, -0.25) is 4.79 Å². The molecule has 13 heteroatoms. The van der Waals surface area contributed by atoms with Gasteiger partial charge in [-0.15, -0.1) is 0 Å². The maximum absolute atomic E-state index is 12.8. The zero-order chi connectivity index (χ0) is 25.4. The molecule has 3 aromatic heterocycles. The van der Waals surface area contributed by atoms with Gasteiger partial charge < -0.3 is 25.6 Å². The third-order valence-corrected chi connectivity index (χ3v) is 6.08. The molecule has 5 rings (SSSR count). The fourth-order valence-corrected chi connectivity index (χ4v) is 4.24. The molecule has 1 atom stereocenters. The number of likely N-dealkylation sites (N-methyl/N-ethyl adjacent to an activating group) is 1. The lowest BCUT2D eigenvalue weighted by Crippen LogP contribution is -2.57. The lowest BCUT2D eigenvalue weighted by atomic mass is 10.0. The molecule has 0 radical (unpaired) electrons. The Hall–Kier alpha value is -4.00. The van der Waals surface area contributed by atoms with Crippen molar-refractivity contribution >= 4 is 23.4 Å². The molecule has 36 heavy (non-hydrogen) atoms. The van der Waals surface area contributed by atoms with E-state index in [0.29, 0.717) is 24.9 Å². The predicted octanol–water partition coefficient (Wildman–Crippen LogP) is 2.75. The normalized spacial score (nSPS) is 17.1. The molecule has 2 aliphatic heterocycles. The number of pyridine rings is 2. The number of hydrogen-bond donors (Lipinski definition) is 2. The number of hydrogen-bond acceptors (Lipinski definition) is 9. The van der Waals surface area contributed by atoms with Gasteiger partial charge >= 0.3 is 6.18 Å². The minimum Gasteiger partial charge on any atom is -0.437 e. The lowest BCUT2D eigenvalue weighted by Gasteiger charge is -2.42. The number of halogens is 3. The summed E-state index contributed by atoms with van der Waals surface area (Å²) in [5.41, 5.74) is 7.25. The average Bonchev–Trinajstić information content (AvgIpc) is 2.87. The zero-order valence-electron chi connectivity index (χ0n) is 19.3. The lowest BCUT2D eigenvalue weighted by molar-refractivity contribution is -0.141. The zero-order valence-corrected chi connectivity index (χ0v) is 19.3. The first-order chi connectivity index (χ1) is 17.2. The van der Waals surface area contributed by atoms with Crippen molar-refractivity contribution in [3.63, 3.8) is 0 Å². The van der Waals surface area contributed by atoms with E-state index in [9.17, 15) is 18.0 Å². The highest BCUT2D eigenvalue weighted by Crippen LogP contribution is 2.39. The van der Waals surface area contributed by atoms with Crippen molar-refractivity contribution in [2.75, 3.05) is 35.3 Å². The van der Waals surface area contributed by atoms with Gasteiger partial charge in [-0.25, -0.2) is 15.0 Å². The Labute approximate surface area is 204 Å². The number of nitrogens with one attached hydrogen (secondary N) is 1. The molecular weight excluding hydrogens is 477 g/mol. The second-order valence-electron chi connectivity index (χ2n) is 8.46. The van der Waals surface area contributed by atoms with Gasteiger partial charge in [0.05, 0.1) is 11.9 Å². The number of nitrogens with two attached hydrogens (primary N) is 1. The molecule has 1 amide bonds. The van der Waals surface area contributed by atoms with E-state index in [2.05, 4.69) is 25.3 Å². The number of nitrogens with zero attached hydrogens (tertiary/aromatic N) is 6. The van der Waals surface area contributed by atoms with Crippen molar-refractivity contribution < 1.29 is 22.7 Å². The highest BCUT2D eigenvalue weighted by Gasteiger charge is 2.40. The monoisotopic (exact) mass is 500 g/mol. The third-order valence-electron chi connectivity index (χ3n) is 6.08. The van der Waals surface area contributed by atoms with Crippen molar-refractivity contribution in [3.05, 3.63) is 53.6 Å². The summed E-state index contributed by atoms with van der Waals surface area (Å²) in [6.45, 7) is 1.19. The largest absolute Gasteiger partial charge is 0.437 e. The Bertz CT molecular complexity index is 1270. The summed E-state index contributed by atoms with van der Waals surface area (Å²) < 4.78 is 43.4. The first kappa shape index (κ1) is 23.7. The first-order valence-electron chi connectivity index (χ1n) is 11.3. The van der Waals surface area contributed by atoms with Crippen molar-refractivity contribution in [2.24, 2.45) is 5.73 Å².